The van der Waals surface area contributed by atoms with Crippen molar-refractivity contribution in [3.05, 3.63) is 24.3 Å². The van der Waals surface area contributed by atoms with Crippen LogP contribution >= 0.6 is 0 Å². The average Bonchev–Trinajstić information content (AvgIpc) is 2.70. The van der Waals surface area contributed by atoms with E-state index in [0.717, 1.165) is 0 Å². The van der Waals surface area contributed by atoms with Gasteiger partial charge >= 0.3 is 5.97 Å². The highest BCUT2D eigenvalue weighted by molar-refractivity contribution is 5.73. The van der Waals surface area contributed by atoms with Crippen molar-refractivity contribution in [2.24, 2.45) is 0 Å². The molecule has 2 N–H and O–H groups in total. The van der Waals surface area contributed by atoms with E-state index in [-0.39, 0.29) is 12.5 Å². The first-order chi connectivity index (χ1) is 14.6. The van der Waals surface area contributed by atoms with Crippen LogP contribution < -0.4 is 14.8 Å². The van der Waals surface area contributed by atoms with Gasteiger partial charge in [-0.15, -0.1) is 0 Å². The molecule has 1 amide bonds. The van der Waals surface area contributed by atoms with Gasteiger partial charge in [0.1, 0.15) is 35.9 Å². The van der Waals surface area contributed by atoms with Gasteiger partial charge in [0.15, 0.2) is 11.9 Å². The number of carbonyl (C=O) groups excluding carboxylic acids is 1. The maximum absolute atomic E-state index is 12.0. The Morgan fingerprint density at radius 3 is 2.45 bits per heavy atom. The molecule has 0 radical (unpaired) electrons. The third-order valence-corrected chi connectivity index (χ3v) is 5.05. The van der Waals surface area contributed by atoms with Crippen molar-refractivity contribution in [2.75, 3.05) is 13.7 Å². The van der Waals surface area contributed by atoms with E-state index in [4.69, 9.17) is 28.4 Å². The molecular weight excluding hydrogens is 410 g/mol. The Kier molecular flexibility index (Phi) is 7.05. The number of amides is 1. The smallest absolute Gasteiger partial charge is 0.332 e. The first-order valence-corrected chi connectivity index (χ1v) is 10.0. The molecule has 2 fully saturated rings. The minimum atomic E-state index is -1.14. The van der Waals surface area contributed by atoms with Crippen LogP contribution in [0.2, 0.25) is 0 Å². The van der Waals surface area contributed by atoms with E-state index in [1.807, 2.05) is 0 Å². The van der Waals surface area contributed by atoms with Crippen LogP contribution in [0, 0.1) is 0 Å². The van der Waals surface area contributed by atoms with Crippen molar-refractivity contribution in [1.29, 1.82) is 0 Å². The lowest BCUT2D eigenvalue weighted by Gasteiger charge is -2.51. The van der Waals surface area contributed by atoms with Gasteiger partial charge in [-0.3, -0.25) is 4.79 Å². The van der Waals surface area contributed by atoms with Crippen LogP contribution in [0.15, 0.2) is 24.3 Å². The Bertz CT molecular complexity index is 782. The van der Waals surface area contributed by atoms with Crippen molar-refractivity contribution in [3.63, 3.8) is 0 Å². The maximum Gasteiger partial charge on any atom is 0.332 e. The van der Waals surface area contributed by atoms with Gasteiger partial charge in [0, 0.05) is 6.92 Å². The van der Waals surface area contributed by atoms with Crippen LogP contribution in [-0.2, 0) is 28.5 Å². The predicted octanol–water partition coefficient (Wildman–Crippen LogP) is 1.31. The molecule has 2 heterocycles. The zero-order valence-electron chi connectivity index (χ0n) is 18.2. The summed E-state index contributed by atoms with van der Waals surface area (Å²) in [6.45, 7) is 6.45. The number of rotatable bonds is 7. The second kappa shape index (κ2) is 9.39. The van der Waals surface area contributed by atoms with Crippen molar-refractivity contribution >= 4 is 11.9 Å². The minimum Gasteiger partial charge on any atom is -0.497 e. The molecule has 6 atom stereocenters. The van der Waals surface area contributed by atoms with Crippen molar-refractivity contribution in [2.45, 2.75) is 70.2 Å². The van der Waals surface area contributed by atoms with Crippen molar-refractivity contribution in [1.82, 2.24) is 5.32 Å². The third-order valence-electron chi connectivity index (χ3n) is 5.05. The van der Waals surface area contributed by atoms with Gasteiger partial charge in [0.05, 0.1) is 13.7 Å². The highest BCUT2D eigenvalue weighted by atomic mass is 16.8. The number of hydrogen-bond acceptors (Lipinski definition) is 8. The third kappa shape index (κ3) is 5.65. The fourth-order valence-electron chi connectivity index (χ4n) is 3.56. The first kappa shape index (κ1) is 23.3. The summed E-state index contributed by atoms with van der Waals surface area (Å²) in [7, 11) is 1.56. The number of nitrogens with one attached hydrogen (secondary N) is 1. The van der Waals surface area contributed by atoms with Crippen LogP contribution in [0.1, 0.15) is 27.7 Å². The van der Waals surface area contributed by atoms with Gasteiger partial charge < -0.3 is 38.8 Å². The Balaban J connectivity index is 1.91. The molecular formula is C21H29NO9. The zero-order chi connectivity index (χ0) is 22.8. The number of carboxylic acids is 1. The molecule has 31 heavy (non-hydrogen) atoms. The Hall–Kier alpha value is -2.40. The van der Waals surface area contributed by atoms with E-state index in [1.54, 1.807) is 45.2 Å². The Morgan fingerprint density at radius 1 is 1.23 bits per heavy atom. The van der Waals surface area contributed by atoms with Crippen molar-refractivity contribution in [3.8, 4) is 11.5 Å². The quantitative estimate of drug-likeness (QED) is 0.647. The van der Waals surface area contributed by atoms with Crippen LogP contribution in [0.25, 0.3) is 0 Å². The summed E-state index contributed by atoms with van der Waals surface area (Å²) in [6, 6.07) is 6.02. The number of carboxylic acid groups (broad SMARTS) is 1. The molecule has 0 saturated carbocycles. The molecule has 172 valence electrons. The lowest BCUT2D eigenvalue weighted by molar-refractivity contribution is -0.366. The molecule has 1 aromatic rings. The number of benzene rings is 1. The fraction of sp³-hybridized carbons (Fsp3) is 0.619. The average molecular weight is 439 g/mol. The van der Waals surface area contributed by atoms with Gasteiger partial charge in [0.2, 0.25) is 12.2 Å². The highest BCUT2D eigenvalue weighted by Crippen LogP contribution is 2.35. The number of methoxy groups -OCH3 is 1. The lowest BCUT2D eigenvalue weighted by atomic mass is 9.94. The number of fused-ring (bicyclic) bond motifs is 1. The molecule has 1 aromatic carbocycles. The summed E-state index contributed by atoms with van der Waals surface area (Å²) in [5, 5.41) is 12.2. The molecule has 0 bridgehead atoms. The van der Waals surface area contributed by atoms with Gasteiger partial charge in [-0.25, -0.2) is 4.79 Å². The van der Waals surface area contributed by atoms with Gasteiger partial charge in [0.25, 0.3) is 0 Å². The number of carbonyl (C=O) groups is 2. The van der Waals surface area contributed by atoms with Gasteiger partial charge in [-0.1, -0.05) is 0 Å². The maximum atomic E-state index is 12.0. The predicted molar refractivity (Wildman–Crippen MR) is 107 cm³/mol. The first-order valence-electron chi connectivity index (χ1n) is 10.0. The standard InChI is InChI=1S/C21H29NO9/c1-11(19(24)25)28-18-16(22-12(2)23)20(29-14-8-6-13(26-5)7-9-14)30-15-10-27-21(3,4)31-17(15)18/h6-9,11,15-18,20H,10H2,1-5H3,(H,22,23)(H,24,25). The summed E-state index contributed by atoms with van der Waals surface area (Å²) < 4.78 is 34.8. The molecule has 10 nitrogen and oxygen atoms in total. The molecule has 3 rings (SSSR count). The van der Waals surface area contributed by atoms with Crippen molar-refractivity contribution < 1.29 is 43.1 Å². The monoisotopic (exact) mass is 439 g/mol. The molecule has 0 aromatic heterocycles. The van der Waals surface area contributed by atoms with Crippen LogP contribution in [0.5, 0.6) is 11.5 Å². The van der Waals surface area contributed by atoms with E-state index < -0.39 is 48.5 Å². The normalized spacial score (nSPS) is 30.5. The Labute approximate surface area is 180 Å². The summed E-state index contributed by atoms with van der Waals surface area (Å²) in [5.41, 5.74) is 0. The summed E-state index contributed by atoms with van der Waals surface area (Å²) in [5.74, 6) is -1.28. The Morgan fingerprint density at radius 2 is 1.87 bits per heavy atom. The van der Waals surface area contributed by atoms with Gasteiger partial charge in [-0.05, 0) is 45.0 Å². The number of aliphatic carboxylic acids is 1. The molecule has 10 heteroatoms. The van der Waals surface area contributed by atoms with Crippen LogP contribution in [-0.4, -0.2) is 73.2 Å². The van der Waals surface area contributed by atoms with E-state index in [9.17, 15) is 14.7 Å². The largest absolute Gasteiger partial charge is 0.497 e. The molecule has 6 unspecified atom stereocenters. The van der Waals surface area contributed by atoms with E-state index in [0.29, 0.717) is 11.5 Å². The van der Waals surface area contributed by atoms with E-state index in [1.165, 1.54) is 13.8 Å². The lowest BCUT2D eigenvalue weighted by Crippen LogP contribution is -2.70. The number of hydrogen-bond donors (Lipinski definition) is 2. The summed E-state index contributed by atoms with van der Waals surface area (Å²) >= 11 is 0. The number of ether oxygens (including phenoxy) is 6. The van der Waals surface area contributed by atoms with Crippen LogP contribution in [0.3, 0.4) is 0 Å². The fourth-order valence-corrected chi connectivity index (χ4v) is 3.56. The van der Waals surface area contributed by atoms with E-state index in [2.05, 4.69) is 5.32 Å². The molecule has 2 aliphatic rings. The summed E-state index contributed by atoms with van der Waals surface area (Å²) in [6.07, 6.45) is -4.25. The molecule has 0 spiro atoms. The minimum absolute atomic E-state index is 0.189. The second-order valence-corrected chi connectivity index (χ2v) is 7.94. The topological polar surface area (TPSA) is 122 Å². The zero-order valence-corrected chi connectivity index (χ0v) is 18.2. The van der Waals surface area contributed by atoms with Gasteiger partial charge in [-0.2, -0.15) is 0 Å². The summed E-state index contributed by atoms with van der Waals surface area (Å²) in [4.78, 5) is 23.4. The molecule has 2 saturated heterocycles. The molecule has 2 aliphatic heterocycles. The van der Waals surface area contributed by atoms with E-state index >= 15 is 0 Å². The highest BCUT2D eigenvalue weighted by Gasteiger charge is 2.54. The molecule has 0 aliphatic carbocycles. The second-order valence-electron chi connectivity index (χ2n) is 7.94. The SMILES string of the molecule is COc1ccc(OC2OC3COC(C)(C)OC3C(OC(C)C(=O)O)C2NC(C)=O)cc1. The van der Waals surface area contributed by atoms with Crippen LogP contribution in [0.4, 0.5) is 0 Å².